The zero-order valence-corrected chi connectivity index (χ0v) is 13.7. The molecular formula is C17H13Cl2N3O. The number of benzene rings is 2. The van der Waals surface area contributed by atoms with Crippen molar-refractivity contribution < 1.29 is 4.79 Å². The first-order chi connectivity index (χ1) is 11.1. The van der Waals surface area contributed by atoms with Crippen LogP contribution in [0.5, 0.6) is 0 Å². The second-order valence-corrected chi connectivity index (χ2v) is 5.88. The van der Waals surface area contributed by atoms with E-state index in [9.17, 15) is 4.79 Å². The van der Waals surface area contributed by atoms with E-state index in [2.05, 4.69) is 15.5 Å². The van der Waals surface area contributed by atoms with Gasteiger partial charge in [0.25, 0.3) is 5.91 Å². The molecule has 0 fully saturated rings. The standard InChI is InChI=1S/C17H13Cl2N3O/c1-10-14(12-4-2-3-5-16(12)21-10)9-20-22-17(23)13-7-6-11(18)8-15(13)19/h2-9,21H,1H3,(H,22,23)/b20-9-. The molecule has 1 amide bonds. The molecule has 0 aliphatic heterocycles. The molecule has 0 aliphatic rings. The van der Waals surface area contributed by atoms with Gasteiger partial charge in [-0.1, -0.05) is 41.4 Å². The average molecular weight is 346 g/mol. The van der Waals surface area contributed by atoms with Crippen LogP contribution in [-0.4, -0.2) is 17.1 Å². The number of carbonyl (C=O) groups excluding carboxylic acids is 1. The molecule has 2 aromatic carbocycles. The number of fused-ring (bicyclic) bond motifs is 1. The van der Waals surface area contributed by atoms with E-state index in [0.29, 0.717) is 10.6 Å². The Hall–Kier alpha value is -2.30. The Morgan fingerprint density at radius 1 is 1.22 bits per heavy atom. The summed E-state index contributed by atoms with van der Waals surface area (Å²) < 4.78 is 0. The number of halogens is 2. The van der Waals surface area contributed by atoms with E-state index >= 15 is 0 Å². The molecule has 0 saturated heterocycles. The van der Waals surface area contributed by atoms with Crippen LogP contribution >= 0.6 is 23.2 Å². The molecule has 3 rings (SSSR count). The lowest BCUT2D eigenvalue weighted by Crippen LogP contribution is -2.18. The van der Waals surface area contributed by atoms with E-state index in [1.165, 1.54) is 6.07 Å². The zero-order valence-electron chi connectivity index (χ0n) is 12.2. The van der Waals surface area contributed by atoms with Gasteiger partial charge in [-0.3, -0.25) is 4.79 Å². The number of aromatic amines is 1. The van der Waals surface area contributed by atoms with Crippen LogP contribution in [0, 0.1) is 6.92 Å². The molecule has 0 bridgehead atoms. The number of nitrogens with zero attached hydrogens (tertiary/aromatic N) is 1. The van der Waals surface area contributed by atoms with Crippen molar-refractivity contribution >= 4 is 46.2 Å². The highest BCUT2D eigenvalue weighted by molar-refractivity contribution is 6.36. The van der Waals surface area contributed by atoms with Crippen molar-refractivity contribution in [2.75, 3.05) is 0 Å². The van der Waals surface area contributed by atoms with Crippen LogP contribution in [0.2, 0.25) is 10.0 Å². The Kier molecular flexibility index (Phi) is 4.37. The average Bonchev–Trinajstić information content (AvgIpc) is 2.83. The number of aromatic nitrogens is 1. The van der Waals surface area contributed by atoms with Gasteiger partial charge in [-0.05, 0) is 31.2 Å². The third-order valence-corrected chi connectivity index (χ3v) is 4.03. The summed E-state index contributed by atoms with van der Waals surface area (Å²) in [4.78, 5) is 15.4. The topological polar surface area (TPSA) is 57.2 Å². The van der Waals surface area contributed by atoms with Crippen molar-refractivity contribution in [1.29, 1.82) is 0 Å². The molecule has 0 unspecified atom stereocenters. The summed E-state index contributed by atoms with van der Waals surface area (Å²) in [7, 11) is 0. The molecule has 2 N–H and O–H groups in total. The van der Waals surface area contributed by atoms with Crippen LogP contribution in [0.15, 0.2) is 47.6 Å². The lowest BCUT2D eigenvalue weighted by molar-refractivity contribution is 0.0955. The summed E-state index contributed by atoms with van der Waals surface area (Å²) in [5, 5.41) is 5.84. The number of para-hydroxylation sites is 1. The summed E-state index contributed by atoms with van der Waals surface area (Å²) in [5.41, 5.74) is 5.74. The van der Waals surface area contributed by atoms with Crippen molar-refractivity contribution in [2.45, 2.75) is 6.92 Å². The maximum absolute atomic E-state index is 12.1. The van der Waals surface area contributed by atoms with Gasteiger partial charge in [0, 0.05) is 27.2 Å². The minimum atomic E-state index is -0.389. The molecule has 0 radical (unpaired) electrons. The first kappa shape index (κ1) is 15.6. The largest absolute Gasteiger partial charge is 0.358 e. The number of carbonyl (C=O) groups is 1. The Labute approximate surface area is 143 Å². The molecule has 0 atom stereocenters. The number of amides is 1. The fourth-order valence-corrected chi connectivity index (χ4v) is 2.85. The highest BCUT2D eigenvalue weighted by Crippen LogP contribution is 2.21. The smallest absolute Gasteiger partial charge is 0.272 e. The quantitative estimate of drug-likeness (QED) is 0.531. The Morgan fingerprint density at radius 2 is 2.00 bits per heavy atom. The zero-order chi connectivity index (χ0) is 16.4. The van der Waals surface area contributed by atoms with Crippen LogP contribution in [-0.2, 0) is 0 Å². The van der Waals surface area contributed by atoms with Crippen LogP contribution in [0.3, 0.4) is 0 Å². The Morgan fingerprint density at radius 3 is 2.78 bits per heavy atom. The first-order valence-electron chi connectivity index (χ1n) is 6.92. The van der Waals surface area contributed by atoms with Gasteiger partial charge in [0.15, 0.2) is 0 Å². The summed E-state index contributed by atoms with van der Waals surface area (Å²) in [5.74, 6) is -0.389. The number of hydrazone groups is 1. The molecule has 1 aromatic heterocycles. The normalized spacial score (nSPS) is 11.3. The summed E-state index contributed by atoms with van der Waals surface area (Å²) in [6, 6.07) is 12.6. The van der Waals surface area contributed by atoms with E-state index in [0.717, 1.165) is 22.2 Å². The number of hydrogen-bond acceptors (Lipinski definition) is 2. The van der Waals surface area contributed by atoms with Gasteiger partial charge >= 0.3 is 0 Å². The predicted octanol–water partition coefficient (Wildman–Crippen LogP) is 4.55. The molecule has 3 aromatic rings. The molecular weight excluding hydrogens is 333 g/mol. The number of nitrogens with one attached hydrogen (secondary N) is 2. The molecule has 0 saturated carbocycles. The third-order valence-electron chi connectivity index (χ3n) is 3.48. The number of hydrogen-bond donors (Lipinski definition) is 2. The van der Waals surface area contributed by atoms with Gasteiger partial charge < -0.3 is 4.98 Å². The number of H-pyrrole nitrogens is 1. The lowest BCUT2D eigenvalue weighted by atomic mass is 10.1. The van der Waals surface area contributed by atoms with Crippen LogP contribution < -0.4 is 5.43 Å². The minimum Gasteiger partial charge on any atom is -0.358 e. The van der Waals surface area contributed by atoms with Crippen molar-refractivity contribution in [2.24, 2.45) is 5.10 Å². The van der Waals surface area contributed by atoms with Crippen LogP contribution in [0.25, 0.3) is 10.9 Å². The van der Waals surface area contributed by atoms with E-state index in [1.54, 1.807) is 18.3 Å². The van der Waals surface area contributed by atoms with Crippen LogP contribution in [0.1, 0.15) is 21.6 Å². The summed E-state index contributed by atoms with van der Waals surface area (Å²) >= 11 is 11.8. The SMILES string of the molecule is Cc1[nH]c2ccccc2c1/C=N\NC(=O)c1ccc(Cl)cc1Cl. The molecule has 4 nitrogen and oxygen atoms in total. The monoisotopic (exact) mass is 345 g/mol. The highest BCUT2D eigenvalue weighted by Gasteiger charge is 2.10. The van der Waals surface area contributed by atoms with E-state index < -0.39 is 0 Å². The highest BCUT2D eigenvalue weighted by atomic mass is 35.5. The second kappa shape index (κ2) is 6.44. The number of aryl methyl sites for hydroxylation is 1. The molecule has 0 aliphatic carbocycles. The maximum Gasteiger partial charge on any atom is 0.272 e. The fraction of sp³-hybridized carbons (Fsp3) is 0.0588. The molecule has 0 spiro atoms. The van der Waals surface area contributed by atoms with Gasteiger partial charge in [0.2, 0.25) is 0 Å². The summed E-state index contributed by atoms with van der Waals surface area (Å²) in [6.45, 7) is 1.96. The van der Waals surface area contributed by atoms with Gasteiger partial charge in [-0.15, -0.1) is 0 Å². The predicted molar refractivity (Wildman–Crippen MR) is 94.6 cm³/mol. The second-order valence-electron chi connectivity index (χ2n) is 5.03. The van der Waals surface area contributed by atoms with Crippen molar-refractivity contribution in [3.63, 3.8) is 0 Å². The summed E-state index contributed by atoms with van der Waals surface area (Å²) in [6.07, 6.45) is 1.62. The van der Waals surface area contributed by atoms with Crippen molar-refractivity contribution in [1.82, 2.24) is 10.4 Å². The lowest BCUT2D eigenvalue weighted by Gasteiger charge is -2.02. The van der Waals surface area contributed by atoms with Gasteiger partial charge in [-0.25, -0.2) is 5.43 Å². The minimum absolute atomic E-state index is 0.286. The first-order valence-corrected chi connectivity index (χ1v) is 7.67. The van der Waals surface area contributed by atoms with Crippen LogP contribution in [0.4, 0.5) is 0 Å². The van der Waals surface area contributed by atoms with Gasteiger partial charge in [0.05, 0.1) is 16.8 Å². The van der Waals surface area contributed by atoms with E-state index in [1.807, 2.05) is 31.2 Å². The maximum atomic E-state index is 12.1. The van der Waals surface area contributed by atoms with Gasteiger partial charge in [0.1, 0.15) is 0 Å². The molecule has 1 heterocycles. The fourth-order valence-electron chi connectivity index (χ4n) is 2.35. The van der Waals surface area contributed by atoms with Crippen molar-refractivity contribution in [3.05, 3.63) is 69.3 Å². The van der Waals surface area contributed by atoms with Gasteiger partial charge in [-0.2, -0.15) is 5.10 Å². The number of rotatable bonds is 3. The molecule has 116 valence electrons. The molecule has 23 heavy (non-hydrogen) atoms. The Bertz CT molecular complexity index is 915. The van der Waals surface area contributed by atoms with E-state index in [-0.39, 0.29) is 10.9 Å². The van der Waals surface area contributed by atoms with E-state index in [4.69, 9.17) is 23.2 Å². The Balaban J connectivity index is 1.80. The third kappa shape index (κ3) is 3.23. The molecule has 6 heteroatoms. The van der Waals surface area contributed by atoms with Crippen molar-refractivity contribution in [3.8, 4) is 0 Å².